The van der Waals surface area contributed by atoms with E-state index in [1.165, 1.54) is 19.3 Å². The van der Waals surface area contributed by atoms with E-state index < -0.39 is 0 Å². The maximum absolute atomic E-state index is 4.43. The number of unbranched alkanes of at least 4 members (excludes halogenated alkanes) is 1. The van der Waals surface area contributed by atoms with Gasteiger partial charge in [0.2, 0.25) is 0 Å². The maximum atomic E-state index is 4.43. The molecule has 1 aromatic rings. The first-order valence-electron chi connectivity index (χ1n) is 7.29. The van der Waals surface area contributed by atoms with E-state index in [9.17, 15) is 0 Å². The molecule has 0 fully saturated rings. The molecule has 0 aliphatic heterocycles. The van der Waals surface area contributed by atoms with Crippen LogP contribution in [0.15, 0.2) is 12.5 Å². The van der Waals surface area contributed by atoms with Gasteiger partial charge >= 0.3 is 0 Å². The molecule has 3 heteroatoms. The largest absolute Gasteiger partial charge is 0.337 e. The SMILES string of the molecule is CC(C)CCCCn1cnc(CNCC(C)C)c1. The molecule has 0 amide bonds. The van der Waals surface area contributed by atoms with Gasteiger partial charge in [0.25, 0.3) is 0 Å². The van der Waals surface area contributed by atoms with Crippen LogP contribution in [0.4, 0.5) is 0 Å². The smallest absolute Gasteiger partial charge is 0.0949 e. The highest BCUT2D eigenvalue weighted by atomic mass is 15.0. The molecule has 0 saturated carbocycles. The minimum atomic E-state index is 0.697. The van der Waals surface area contributed by atoms with Crippen molar-refractivity contribution in [3.8, 4) is 0 Å². The minimum Gasteiger partial charge on any atom is -0.337 e. The Hall–Kier alpha value is -0.830. The summed E-state index contributed by atoms with van der Waals surface area (Å²) in [6, 6.07) is 0. The van der Waals surface area contributed by atoms with Gasteiger partial charge in [-0.05, 0) is 24.8 Å². The van der Waals surface area contributed by atoms with E-state index >= 15 is 0 Å². The van der Waals surface area contributed by atoms with Gasteiger partial charge < -0.3 is 9.88 Å². The van der Waals surface area contributed by atoms with Gasteiger partial charge in [0, 0.05) is 19.3 Å². The van der Waals surface area contributed by atoms with E-state index in [1.54, 1.807) is 0 Å². The second kappa shape index (κ2) is 8.30. The van der Waals surface area contributed by atoms with Crippen molar-refractivity contribution in [3.05, 3.63) is 18.2 Å². The second-order valence-corrected chi connectivity index (χ2v) is 6.02. The Morgan fingerprint density at radius 1 is 1.17 bits per heavy atom. The molecule has 0 aliphatic carbocycles. The molecule has 0 bridgehead atoms. The van der Waals surface area contributed by atoms with Crippen LogP contribution >= 0.6 is 0 Å². The lowest BCUT2D eigenvalue weighted by atomic mass is 10.1. The third kappa shape index (κ3) is 6.80. The van der Waals surface area contributed by atoms with Crippen LogP contribution in [-0.2, 0) is 13.1 Å². The summed E-state index contributed by atoms with van der Waals surface area (Å²) in [5.41, 5.74) is 1.15. The molecule has 3 nitrogen and oxygen atoms in total. The summed E-state index contributed by atoms with van der Waals surface area (Å²) >= 11 is 0. The van der Waals surface area contributed by atoms with Gasteiger partial charge in [0.05, 0.1) is 12.0 Å². The highest BCUT2D eigenvalue weighted by molar-refractivity contribution is 4.96. The molecular formula is C15H29N3. The molecule has 0 saturated heterocycles. The van der Waals surface area contributed by atoms with Crippen LogP contribution < -0.4 is 5.32 Å². The molecule has 1 rings (SSSR count). The fraction of sp³-hybridized carbons (Fsp3) is 0.800. The average Bonchev–Trinajstić information content (AvgIpc) is 2.72. The Kier molecular flexibility index (Phi) is 7.02. The highest BCUT2D eigenvalue weighted by Crippen LogP contribution is 2.07. The molecule has 1 N–H and O–H groups in total. The summed E-state index contributed by atoms with van der Waals surface area (Å²) in [7, 11) is 0. The summed E-state index contributed by atoms with van der Waals surface area (Å²) in [6.07, 6.45) is 8.03. The van der Waals surface area contributed by atoms with Crippen LogP contribution in [0.2, 0.25) is 0 Å². The Morgan fingerprint density at radius 2 is 1.94 bits per heavy atom. The van der Waals surface area contributed by atoms with E-state index in [2.05, 4.69) is 48.8 Å². The van der Waals surface area contributed by atoms with Crippen molar-refractivity contribution in [1.29, 1.82) is 0 Å². The summed E-state index contributed by atoms with van der Waals surface area (Å²) in [5, 5.41) is 3.42. The quantitative estimate of drug-likeness (QED) is 0.681. The molecule has 0 aromatic carbocycles. The predicted octanol–water partition coefficient (Wildman–Crippen LogP) is 3.46. The third-order valence-electron chi connectivity index (χ3n) is 2.99. The zero-order valence-corrected chi connectivity index (χ0v) is 12.4. The van der Waals surface area contributed by atoms with Gasteiger partial charge in [-0.1, -0.05) is 40.5 Å². The van der Waals surface area contributed by atoms with E-state index in [1.807, 2.05) is 6.33 Å². The van der Waals surface area contributed by atoms with Gasteiger partial charge in [-0.15, -0.1) is 0 Å². The van der Waals surface area contributed by atoms with Crippen LogP contribution in [0.1, 0.15) is 52.7 Å². The van der Waals surface area contributed by atoms with Crippen LogP contribution in [0.25, 0.3) is 0 Å². The van der Waals surface area contributed by atoms with Gasteiger partial charge in [0.1, 0.15) is 0 Å². The molecule has 0 spiro atoms. The van der Waals surface area contributed by atoms with Crippen molar-refractivity contribution >= 4 is 0 Å². The highest BCUT2D eigenvalue weighted by Gasteiger charge is 2.00. The Balaban J connectivity index is 2.17. The number of rotatable bonds is 9. The molecule has 0 aliphatic rings. The van der Waals surface area contributed by atoms with Crippen LogP contribution in [0.3, 0.4) is 0 Å². The third-order valence-corrected chi connectivity index (χ3v) is 2.99. The molecule has 0 radical (unpaired) electrons. The zero-order chi connectivity index (χ0) is 13.4. The number of hydrogen-bond donors (Lipinski definition) is 1. The lowest BCUT2D eigenvalue weighted by Gasteiger charge is -2.05. The average molecular weight is 251 g/mol. The van der Waals surface area contributed by atoms with E-state index in [4.69, 9.17) is 0 Å². The number of imidazole rings is 1. The normalized spacial score (nSPS) is 11.7. The fourth-order valence-corrected chi connectivity index (χ4v) is 1.96. The standard InChI is InChI=1S/C15H29N3/c1-13(2)7-5-6-8-18-11-15(17-12-18)10-16-9-14(3)4/h11-14,16H,5-10H2,1-4H3. The predicted molar refractivity (Wildman–Crippen MR) is 77.5 cm³/mol. The second-order valence-electron chi connectivity index (χ2n) is 6.02. The molecule has 104 valence electrons. The number of nitrogens with one attached hydrogen (secondary N) is 1. The van der Waals surface area contributed by atoms with Crippen LogP contribution in [0.5, 0.6) is 0 Å². The van der Waals surface area contributed by atoms with E-state index in [-0.39, 0.29) is 0 Å². The Morgan fingerprint density at radius 3 is 2.61 bits per heavy atom. The summed E-state index contributed by atoms with van der Waals surface area (Å²) in [6.45, 7) is 12.1. The first-order valence-corrected chi connectivity index (χ1v) is 7.29. The first-order chi connectivity index (χ1) is 8.58. The van der Waals surface area contributed by atoms with Crippen LogP contribution in [-0.4, -0.2) is 16.1 Å². The van der Waals surface area contributed by atoms with Gasteiger partial charge in [-0.3, -0.25) is 0 Å². The zero-order valence-electron chi connectivity index (χ0n) is 12.4. The summed E-state index contributed by atoms with van der Waals surface area (Å²) < 4.78 is 2.21. The number of hydrogen-bond acceptors (Lipinski definition) is 2. The minimum absolute atomic E-state index is 0.697. The van der Waals surface area contributed by atoms with Crippen molar-refractivity contribution in [1.82, 2.24) is 14.9 Å². The molecule has 0 atom stereocenters. The van der Waals surface area contributed by atoms with E-state index in [0.717, 1.165) is 31.2 Å². The van der Waals surface area contributed by atoms with Gasteiger partial charge in [-0.2, -0.15) is 0 Å². The maximum Gasteiger partial charge on any atom is 0.0949 e. The lowest BCUT2D eigenvalue weighted by molar-refractivity contribution is 0.508. The van der Waals surface area contributed by atoms with E-state index in [0.29, 0.717) is 5.92 Å². The topological polar surface area (TPSA) is 29.9 Å². The summed E-state index contributed by atoms with van der Waals surface area (Å²) in [5.74, 6) is 1.52. The molecular weight excluding hydrogens is 222 g/mol. The monoisotopic (exact) mass is 251 g/mol. The lowest BCUT2D eigenvalue weighted by Crippen LogP contribution is -2.19. The van der Waals surface area contributed by atoms with Crippen molar-refractivity contribution in [2.24, 2.45) is 11.8 Å². The number of aryl methyl sites for hydroxylation is 1. The molecule has 1 aromatic heterocycles. The number of nitrogens with zero attached hydrogens (tertiary/aromatic N) is 2. The Labute approximate surface area is 112 Å². The van der Waals surface area contributed by atoms with Gasteiger partial charge in [-0.25, -0.2) is 4.98 Å². The molecule has 18 heavy (non-hydrogen) atoms. The van der Waals surface area contributed by atoms with Crippen molar-refractivity contribution in [3.63, 3.8) is 0 Å². The summed E-state index contributed by atoms with van der Waals surface area (Å²) in [4.78, 5) is 4.43. The van der Waals surface area contributed by atoms with Crippen LogP contribution in [0, 0.1) is 11.8 Å². The first kappa shape index (κ1) is 15.2. The van der Waals surface area contributed by atoms with Crippen molar-refractivity contribution in [2.75, 3.05) is 6.54 Å². The fourth-order valence-electron chi connectivity index (χ4n) is 1.96. The van der Waals surface area contributed by atoms with Gasteiger partial charge in [0.15, 0.2) is 0 Å². The number of aromatic nitrogens is 2. The van der Waals surface area contributed by atoms with Crippen molar-refractivity contribution in [2.45, 2.75) is 60.0 Å². The Bertz CT molecular complexity index is 315. The molecule has 1 heterocycles. The molecule has 0 unspecified atom stereocenters. The van der Waals surface area contributed by atoms with Crippen molar-refractivity contribution < 1.29 is 0 Å².